The van der Waals surface area contributed by atoms with Crippen molar-refractivity contribution < 1.29 is 24.3 Å². The topological polar surface area (TPSA) is 84.9 Å². The van der Waals surface area contributed by atoms with Crippen molar-refractivity contribution in [3.8, 4) is 11.5 Å². The molecule has 0 fully saturated rings. The SMILES string of the molecule is COc1cc2cc(C(=O)CC(C)C(=O)NO)sc2cc1OC. The Morgan fingerprint density at radius 1 is 1.23 bits per heavy atom. The molecule has 0 saturated heterocycles. The fourth-order valence-corrected chi connectivity index (χ4v) is 3.11. The highest BCUT2D eigenvalue weighted by molar-refractivity contribution is 7.20. The molecular weight excluding hydrogens is 306 g/mol. The van der Waals surface area contributed by atoms with Gasteiger partial charge in [-0.15, -0.1) is 11.3 Å². The first kappa shape index (κ1) is 16.3. The number of carbonyl (C=O) groups excluding carboxylic acids is 2. The van der Waals surface area contributed by atoms with E-state index in [0.717, 1.165) is 10.1 Å². The maximum absolute atomic E-state index is 12.2. The zero-order chi connectivity index (χ0) is 16.3. The maximum Gasteiger partial charge on any atom is 0.246 e. The Morgan fingerprint density at radius 2 is 1.86 bits per heavy atom. The van der Waals surface area contributed by atoms with Crippen LogP contribution in [0.5, 0.6) is 11.5 Å². The predicted octanol–water partition coefficient (Wildman–Crippen LogP) is 2.63. The predicted molar refractivity (Wildman–Crippen MR) is 83.0 cm³/mol. The van der Waals surface area contributed by atoms with Gasteiger partial charge in [-0.2, -0.15) is 0 Å². The summed E-state index contributed by atoms with van der Waals surface area (Å²) in [4.78, 5) is 24.1. The molecule has 1 atom stereocenters. The number of rotatable bonds is 6. The van der Waals surface area contributed by atoms with E-state index in [2.05, 4.69) is 0 Å². The van der Waals surface area contributed by atoms with Crippen molar-refractivity contribution in [1.82, 2.24) is 5.48 Å². The van der Waals surface area contributed by atoms with Gasteiger partial charge < -0.3 is 9.47 Å². The monoisotopic (exact) mass is 323 g/mol. The number of fused-ring (bicyclic) bond motifs is 1. The smallest absolute Gasteiger partial charge is 0.246 e. The summed E-state index contributed by atoms with van der Waals surface area (Å²) in [7, 11) is 3.11. The molecule has 1 amide bonds. The van der Waals surface area contributed by atoms with Gasteiger partial charge >= 0.3 is 0 Å². The van der Waals surface area contributed by atoms with Crippen LogP contribution in [0, 0.1) is 5.92 Å². The molecule has 0 saturated carbocycles. The number of carbonyl (C=O) groups is 2. The molecule has 0 bridgehead atoms. The molecule has 0 spiro atoms. The third-order valence-corrected chi connectivity index (χ3v) is 4.49. The van der Waals surface area contributed by atoms with Gasteiger partial charge in [0.15, 0.2) is 17.3 Å². The van der Waals surface area contributed by atoms with Crippen LogP contribution in [0.15, 0.2) is 18.2 Å². The minimum Gasteiger partial charge on any atom is -0.493 e. The normalized spacial score (nSPS) is 12.0. The average molecular weight is 323 g/mol. The highest BCUT2D eigenvalue weighted by Crippen LogP contribution is 2.36. The molecule has 0 aliphatic carbocycles. The molecule has 22 heavy (non-hydrogen) atoms. The molecule has 118 valence electrons. The van der Waals surface area contributed by atoms with Crippen LogP contribution in [0.4, 0.5) is 0 Å². The lowest BCUT2D eigenvalue weighted by Gasteiger charge is -2.06. The largest absolute Gasteiger partial charge is 0.493 e. The standard InChI is InChI=1S/C15H17NO5S/c1-8(15(18)16-19)4-10(17)14-6-9-5-11(20-2)12(21-3)7-13(9)22-14/h5-8,19H,4H2,1-3H3,(H,16,18). The first-order chi connectivity index (χ1) is 10.5. The van der Waals surface area contributed by atoms with Crippen LogP contribution < -0.4 is 15.0 Å². The van der Waals surface area contributed by atoms with Gasteiger partial charge in [-0.3, -0.25) is 14.8 Å². The zero-order valence-electron chi connectivity index (χ0n) is 12.5. The molecule has 2 rings (SSSR count). The highest BCUT2D eigenvalue weighted by Gasteiger charge is 2.19. The maximum atomic E-state index is 12.2. The van der Waals surface area contributed by atoms with Crippen molar-refractivity contribution in [1.29, 1.82) is 0 Å². The Bertz CT molecular complexity index is 668. The molecule has 6 nitrogen and oxygen atoms in total. The number of hydrogen-bond acceptors (Lipinski definition) is 6. The molecule has 2 N–H and O–H groups in total. The summed E-state index contributed by atoms with van der Waals surface area (Å²) in [6, 6.07) is 5.40. The minimum atomic E-state index is -0.591. The van der Waals surface area contributed by atoms with E-state index in [1.165, 1.54) is 11.3 Å². The average Bonchev–Trinajstić information content (AvgIpc) is 2.95. The quantitative estimate of drug-likeness (QED) is 0.485. The Kier molecular flexibility index (Phi) is 4.99. The lowest BCUT2D eigenvalue weighted by atomic mass is 10.0. The van der Waals surface area contributed by atoms with Gasteiger partial charge in [-0.25, -0.2) is 5.48 Å². The molecule has 2 aromatic rings. The van der Waals surface area contributed by atoms with Crippen LogP contribution >= 0.6 is 11.3 Å². The van der Waals surface area contributed by atoms with Gasteiger partial charge in [0.1, 0.15) is 0 Å². The van der Waals surface area contributed by atoms with Gasteiger partial charge in [0.2, 0.25) is 5.91 Å². The molecule has 1 aromatic heterocycles. The number of methoxy groups -OCH3 is 2. The third-order valence-electron chi connectivity index (χ3n) is 3.35. The van der Waals surface area contributed by atoms with Crippen LogP contribution in [0.25, 0.3) is 10.1 Å². The molecule has 0 aliphatic rings. The van der Waals surface area contributed by atoms with Crippen molar-refractivity contribution in [2.45, 2.75) is 13.3 Å². The van der Waals surface area contributed by atoms with Crippen LogP contribution in [-0.2, 0) is 4.79 Å². The van der Waals surface area contributed by atoms with E-state index in [1.54, 1.807) is 32.7 Å². The van der Waals surface area contributed by atoms with Crippen LogP contribution in [0.2, 0.25) is 0 Å². The number of nitrogens with one attached hydrogen (secondary N) is 1. The van der Waals surface area contributed by atoms with Crippen molar-refractivity contribution >= 4 is 33.1 Å². The Balaban J connectivity index is 2.29. The number of ether oxygens (including phenoxy) is 2. The van der Waals surface area contributed by atoms with E-state index >= 15 is 0 Å². The molecule has 1 unspecified atom stereocenters. The van der Waals surface area contributed by atoms with Crippen LogP contribution in [0.1, 0.15) is 23.0 Å². The van der Waals surface area contributed by atoms with Gasteiger partial charge in [-0.1, -0.05) is 6.92 Å². The van der Waals surface area contributed by atoms with Crippen LogP contribution in [-0.4, -0.2) is 31.1 Å². The Labute approximate surface area is 131 Å². The summed E-state index contributed by atoms with van der Waals surface area (Å²) >= 11 is 1.34. The summed E-state index contributed by atoms with van der Waals surface area (Å²) in [6.45, 7) is 1.59. The second-order valence-corrected chi connectivity index (χ2v) is 5.94. The second-order valence-electron chi connectivity index (χ2n) is 4.86. The Hall–Kier alpha value is -2.12. The van der Waals surface area contributed by atoms with Gasteiger partial charge in [0.05, 0.1) is 19.1 Å². The van der Waals surface area contributed by atoms with E-state index in [9.17, 15) is 9.59 Å². The summed E-state index contributed by atoms with van der Waals surface area (Å²) in [5, 5.41) is 9.46. The molecule has 1 heterocycles. The van der Waals surface area contributed by atoms with Crippen molar-refractivity contribution in [2.24, 2.45) is 5.92 Å². The Morgan fingerprint density at radius 3 is 2.45 bits per heavy atom. The molecular formula is C15H17NO5S. The first-order valence-electron chi connectivity index (χ1n) is 6.62. The molecule has 0 aliphatic heterocycles. The van der Waals surface area contributed by atoms with E-state index in [4.69, 9.17) is 14.7 Å². The van der Waals surface area contributed by atoms with Crippen LogP contribution in [0.3, 0.4) is 0 Å². The number of amides is 1. The van der Waals surface area contributed by atoms with E-state index in [0.29, 0.717) is 16.4 Å². The summed E-state index contributed by atoms with van der Waals surface area (Å²) in [5.74, 6) is -0.108. The summed E-state index contributed by atoms with van der Waals surface area (Å²) in [6.07, 6.45) is 0.0352. The number of benzene rings is 1. The number of thiophene rings is 1. The molecule has 0 radical (unpaired) electrons. The summed E-state index contributed by atoms with van der Waals surface area (Å²) < 4.78 is 11.4. The van der Waals surface area contributed by atoms with E-state index < -0.39 is 11.8 Å². The fourth-order valence-electron chi connectivity index (χ4n) is 2.09. The van der Waals surface area contributed by atoms with Crippen molar-refractivity contribution in [3.05, 3.63) is 23.1 Å². The third kappa shape index (κ3) is 3.20. The highest BCUT2D eigenvalue weighted by atomic mass is 32.1. The number of hydrogen-bond donors (Lipinski definition) is 2. The van der Waals surface area contributed by atoms with Gasteiger partial charge in [-0.05, 0) is 17.5 Å². The number of hydroxylamine groups is 1. The van der Waals surface area contributed by atoms with Crippen molar-refractivity contribution in [2.75, 3.05) is 14.2 Å². The lowest BCUT2D eigenvalue weighted by Crippen LogP contribution is -2.27. The van der Waals surface area contributed by atoms with Crippen molar-refractivity contribution in [3.63, 3.8) is 0 Å². The molecule has 7 heteroatoms. The van der Waals surface area contributed by atoms with Gasteiger partial charge in [0.25, 0.3) is 0 Å². The van der Waals surface area contributed by atoms with E-state index in [1.807, 2.05) is 12.1 Å². The fraction of sp³-hybridized carbons (Fsp3) is 0.333. The van der Waals surface area contributed by atoms with Gasteiger partial charge in [0, 0.05) is 23.1 Å². The number of ketones is 1. The van der Waals surface area contributed by atoms with E-state index in [-0.39, 0.29) is 12.2 Å². The number of Topliss-reactive ketones (excluding diaryl/α,β-unsaturated/α-hetero) is 1. The second kappa shape index (κ2) is 6.76. The minimum absolute atomic E-state index is 0.0352. The zero-order valence-corrected chi connectivity index (χ0v) is 13.3. The summed E-state index contributed by atoms with van der Waals surface area (Å²) in [5.41, 5.74) is 1.56. The lowest BCUT2D eigenvalue weighted by molar-refractivity contribution is -0.132. The molecule has 1 aromatic carbocycles. The first-order valence-corrected chi connectivity index (χ1v) is 7.44.